The van der Waals surface area contributed by atoms with Gasteiger partial charge in [-0.2, -0.15) is 0 Å². The Morgan fingerprint density at radius 1 is 1.27 bits per heavy atom. The van der Waals surface area contributed by atoms with Crippen LogP contribution in [0.2, 0.25) is 5.02 Å². The maximum Gasteiger partial charge on any atom is 0.269 e. The van der Waals surface area contributed by atoms with E-state index in [9.17, 15) is 4.79 Å². The molecule has 0 aliphatic carbocycles. The minimum absolute atomic E-state index is 0.213. The third kappa shape index (κ3) is 3.14. The SMILES string of the molecule is COc1ccsc1C(=O)Nc1ccc2nc(-c3ccc(Cl)cn3)[nH]c2c1. The Morgan fingerprint density at radius 2 is 2.15 bits per heavy atom. The van der Waals surface area contributed by atoms with E-state index in [1.54, 1.807) is 37.6 Å². The van der Waals surface area contributed by atoms with Crippen LogP contribution in [0.1, 0.15) is 9.67 Å². The van der Waals surface area contributed by atoms with Gasteiger partial charge in [0.1, 0.15) is 16.3 Å². The molecule has 0 aliphatic rings. The van der Waals surface area contributed by atoms with E-state index in [2.05, 4.69) is 20.3 Å². The van der Waals surface area contributed by atoms with Crippen LogP contribution < -0.4 is 10.1 Å². The van der Waals surface area contributed by atoms with Crippen LogP contribution in [0.25, 0.3) is 22.6 Å². The summed E-state index contributed by atoms with van der Waals surface area (Å²) >= 11 is 7.20. The fraction of sp³-hybridized carbons (Fsp3) is 0.0556. The van der Waals surface area contributed by atoms with Gasteiger partial charge in [-0.3, -0.25) is 9.78 Å². The van der Waals surface area contributed by atoms with Crippen LogP contribution in [-0.4, -0.2) is 28.0 Å². The number of halogens is 1. The molecular formula is C18H13ClN4O2S. The molecule has 6 nitrogen and oxygen atoms in total. The lowest BCUT2D eigenvalue weighted by Gasteiger charge is -2.05. The zero-order valence-corrected chi connectivity index (χ0v) is 15.2. The molecule has 4 aromatic rings. The number of thiophene rings is 1. The quantitative estimate of drug-likeness (QED) is 0.538. The number of H-pyrrole nitrogens is 1. The van der Waals surface area contributed by atoms with Gasteiger partial charge in [0.05, 0.1) is 23.2 Å². The van der Waals surface area contributed by atoms with E-state index >= 15 is 0 Å². The predicted octanol–water partition coefficient (Wildman–Crippen LogP) is 4.60. The van der Waals surface area contributed by atoms with Crippen molar-refractivity contribution in [2.75, 3.05) is 12.4 Å². The molecule has 0 saturated carbocycles. The average molecular weight is 385 g/mol. The lowest BCUT2D eigenvalue weighted by atomic mass is 10.2. The van der Waals surface area contributed by atoms with Gasteiger partial charge in [0, 0.05) is 11.9 Å². The van der Waals surface area contributed by atoms with Crippen molar-refractivity contribution < 1.29 is 9.53 Å². The molecule has 0 bridgehead atoms. The number of amides is 1. The van der Waals surface area contributed by atoms with E-state index in [4.69, 9.17) is 16.3 Å². The van der Waals surface area contributed by atoms with Gasteiger partial charge in [-0.1, -0.05) is 11.6 Å². The van der Waals surface area contributed by atoms with Crippen LogP contribution >= 0.6 is 22.9 Å². The summed E-state index contributed by atoms with van der Waals surface area (Å²) in [4.78, 5) is 24.9. The lowest BCUT2D eigenvalue weighted by molar-refractivity contribution is 0.102. The predicted molar refractivity (Wildman–Crippen MR) is 103 cm³/mol. The normalized spacial score (nSPS) is 10.8. The Kier molecular flexibility index (Phi) is 4.32. The van der Waals surface area contributed by atoms with Crippen LogP contribution in [0, 0.1) is 0 Å². The summed E-state index contributed by atoms with van der Waals surface area (Å²) in [5.74, 6) is 0.988. The van der Waals surface area contributed by atoms with Gasteiger partial charge in [0.25, 0.3) is 5.91 Å². The van der Waals surface area contributed by atoms with E-state index in [0.717, 1.165) is 11.0 Å². The number of fused-ring (bicyclic) bond motifs is 1. The van der Waals surface area contributed by atoms with Crippen LogP contribution in [-0.2, 0) is 0 Å². The van der Waals surface area contributed by atoms with E-state index in [-0.39, 0.29) is 5.91 Å². The Hall–Kier alpha value is -2.90. The van der Waals surface area contributed by atoms with Crippen molar-refractivity contribution in [3.63, 3.8) is 0 Å². The lowest BCUT2D eigenvalue weighted by Crippen LogP contribution is -2.11. The maximum absolute atomic E-state index is 12.4. The number of nitrogens with zero attached hydrogens (tertiary/aromatic N) is 2. The van der Waals surface area contributed by atoms with Crippen molar-refractivity contribution >= 4 is 45.6 Å². The highest BCUT2D eigenvalue weighted by Gasteiger charge is 2.15. The summed E-state index contributed by atoms with van der Waals surface area (Å²) in [6, 6.07) is 10.8. The smallest absolute Gasteiger partial charge is 0.269 e. The van der Waals surface area contributed by atoms with Gasteiger partial charge >= 0.3 is 0 Å². The van der Waals surface area contributed by atoms with Crippen molar-refractivity contribution in [1.29, 1.82) is 0 Å². The molecule has 0 radical (unpaired) electrons. The van der Waals surface area contributed by atoms with Crippen LogP contribution in [0.15, 0.2) is 48.0 Å². The summed E-state index contributed by atoms with van der Waals surface area (Å²) in [6.07, 6.45) is 1.57. The number of pyridine rings is 1. The van der Waals surface area contributed by atoms with E-state index < -0.39 is 0 Å². The van der Waals surface area contributed by atoms with Crippen LogP contribution in [0.4, 0.5) is 5.69 Å². The number of hydrogen-bond acceptors (Lipinski definition) is 5. The summed E-state index contributed by atoms with van der Waals surface area (Å²) < 4.78 is 5.19. The molecule has 1 aromatic carbocycles. The molecule has 1 amide bonds. The largest absolute Gasteiger partial charge is 0.495 e. The molecular weight excluding hydrogens is 372 g/mol. The Bertz CT molecular complexity index is 1090. The second-order valence-corrected chi connectivity index (χ2v) is 6.80. The van der Waals surface area contributed by atoms with Crippen molar-refractivity contribution in [3.05, 3.63) is 57.9 Å². The molecule has 3 heterocycles. The zero-order valence-electron chi connectivity index (χ0n) is 13.6. The molecule has 0 unspecified atom stereocenters. The second-order valence-electron chi connectivity index (χ2n) is 5.45. The average Bonchev–Trinajstić information content (AvgIpc) is 3.28. The van der Waals surface area contributed by atoms with Crippen LogP contribution in [0.5, 0.6) is 5.75 Å². The molecule has 0 aliphatic heterocycles. The molecule has 0 fully saturated rings. The Balaban J connectivity index is 1.61. The topological polar surface area (TPSA) is 79.9 Å². The first kappa shape index (κ1) is 16.6. The number of benzene rings is 1. The standard InChI is InChI=1S/C18H13ClN4O2S/c1-25-15-6-7-26-16(15)18(24)21-11-3-5-12-14(8-11)23-17(22-12)13-4-2-10(19)9-20-13/h2-9H,1H3,(H,21,24)(H,22,23). The number of nitrogens with one attached hydrogen (secondary N) is 2. The molecule has 0 spiro atoms. The number of methoxy groups -OCH3 is 1. The van der Waals surface area contributed by atoms with Gasteiger partial charge in [0.2, 0.25) is 0 Å². The van der Waals surface area contributed by atoms with Crippen molar-refractivity contribution in [2.45, 2.75) is 0 Å². The number of hydrogen-bond donors (Lipinski definition) is 2. The first-order chi connectivity index (χ1) is 12.6. The first-order valence-corrected chi connectivity index (χ1v) is 8.94. The second kappa shape index (κ2) is 6.78. The van der Waals surface area contributed by atoms with Crippen molar-refractivity contribution in [2.24, 2.45) is 0 Å². The third-order valence-electron chi connectivity index (χ3n) is 3.76. The zero-order chi connectivity index (χ0) is 18.1. The molecule has 130 valence electrons. The summed E-state index contributed by atoms with van der Waals surface area (Å²) in [5, 5.41) is 5.26. The Morgan fingerprint density at radius 3 is 2.92 bits per heavy atom. The number of carbonyl (C=O) groups is 1. The van der Waals surface area contributed by atoms with E-state index in [0.29, 0.717) is 32.9 Å². The third-order valence-corrected chi connectivity index (χ3v) is 4.88. The highest BCUT2D eigenvalue weighted by molar-refractivity contribution is 7.12. The highest BCUT2D eigenvalue weighted by atomic mass is 35.5. The number of carbonyl (C=O) groups excluding carboxylic acids is 1. The first-order valence-electron chi connectivity index (χ1n) is 7.68. The minimum Gasteiger partial charge on any atom is -0.495 e. The maximum atomic E-state index is 12.4. The molecule has 0 saturated heterocycles. The monoisotopic (exact) mass is 384 g/mol. The Labute approximate surface area is 157 Å². The van der Waals surface area contributed by atoms with Crippen LogP contribution in [0.3, 0.4) is 0 Å². The van der Waals surface area contributed by atoms with Crippen molar-refractivity contribution in [1.82, 2.24) is 15.0 Å². The van der Waals surface area contributed by atoms with Gasteiger partial charge in [-0.15, -0.1) is 11.3 Å². The number of aromatic amines is 1. The molecule has 8 heteroatoms. The van der Waals surface area contributed by atoms with Crippen molar-refractivity contribution in [3.8, 4) is 17.3 Å². The number of aromatic nitrogens is 3. The van der Waals surface area contributed by atoms with Gasteiger partial charge in [-0.05, 0) is 41.8 Å². The van der Waals surface area contributed by atoms with E-state index in [1.165, 1.54) is 11.3 Å². The number of rotatable bonds is 4. The van der Waals surface area contributed by atoms with Gasteiger partial charge < -0.3 is 15.0 Å². The van der Waals surface area contributed by atoms with Gasteiger partial charge in [0.15, 0.2) is 5.82 Å². The number of imidazole rings is 1. The number of anilines is 1. The molecule has 4 rings (SSSR count). The number of ether oxygens (including phenoxy) is 1. The summed E-state index contributed by atoms with van der Waals surface area (Å²) in [7, 11) is 1.54. The fourth-order valence-corrected chi connectivity index (χ4v) is 3.40. The minimum atomic E-state index is -0.213. The fourth-order valence-electron chi connectivity index (χ4n) is 2.54. The summed E-state index contributed by atoms with van der Waals surface area (Å²) in [6.45, 7) is 0. The summed E-state index contributed by atoms with van der Waals surface area (Å²) in [5.41, 5.74) is 2.94. The highest BCUT2D eigenvalue weighted by Crippen LogP contribution is 2.27. The van der Waals surface area contributed by atoms with Gasteiger partial charge in [-0.25, -0.2) is 4.98 Å². The molecule has 2 N–H and O–H groups in total. The molecule has 3 aromatic heterocycles. The van der Waals surface area contributed by atoms with E-state index in [1.807, 2.05) is 17.5 Å². The molecule has 26 heavy (non-hydrogen) atoms. The molecule has 0 atom stereocenters.